The third-order valence-corrected chi connectivity index (χ3v) is 6.38. The summed E-state index contributed by atoms with van der Waals surface area (Å²) < 4.78 is 5.73. The summed E-state index contributed by atoms with van der Waals surface area (Å²) in [4.78, 5) is 32.6. The van der Waals surface area contributed by atoms with E-state index in [0.717, 1.165) is 29.5 Å². The maximum Gasteiger partial charge on any atom is 0.339 e. The van der Waals surface area contributed by atoms with Crippen molar-refractivity contribution in [2.45, 2.75) is 73.3 Å². The normalized spacial score (nSPS) is 21.0. The van der Waals surface area contributed by atoms with E-state index in [2.05, 4.69) is 11.2 Å². The van der Waals surface area contributed by atoms with Crippen molar-refractivity contribution in [3.8, 4) is 0 Å². The number of carbonyl (C=O) groups excluding carboxylic acids is 2. The molecule has 1 aromatic carbocycles. The van der Waals surface area contributed by atoms with Gasteiger partial charge in [0.05, 0.1) is 11.3 Å². The summed E-state index contributed by atoms with van der Waals surface area (Å²) in [5.41, 5.74) is 4.51. The molecule has 7 heteroatoms. The van der Waals surface area contributed by atoms with Crippen LogP contribution in [0, 0.1) is 13.8 Å². The lowest BCUT2D eigenvalue weighted by Gasteiger charge is -2.19. The predicted molar refractivity (Wildman–Crippen MR) is 138 cm³/mol. The first-order valence-corrected chi connectivity index (χ1v) is 12.3. The zero-order valence-corrected chi connectivity index (χ0v) is 22.0. The van der Waals surface area contributed by atoms with Crippen molar-refractivity contribution >= 4 is 29.2 Å². The first kappa shape index (κ1) is 27.6. The lowest BCUT2D eigenvalue weighted by molar-refractivity contribution is -0.135. The highest BCUT2D eigenvalue weighted by molar-refractivity contribution is 6.33. The number of benzene rings is 1. The zero-order chi connectivity index (χ0) is 25.3. The fourth-order valence-electron chi connectivity index (χ4n) is 3.99. The van der Waals surface area contributed by atoms with Gasteiger partial charge in [-0.3, -0.25) is 4.79 Å². The smallest absolute Gasteiger partial charge is 0.339 e. The number of esters is 1. The van der Waals surface area contributed by atoms with E-state index in [1.54, 1.807) is 4.90 Å². The Balaban J connectivity index is 2.49. The molecule has 2 rings (SSSR count). The van der Waals surface area contributed by atoms with Gasteiger partial charge in [-0.15, -0.1) is 0 Å². The molecular formula is C27H37ClN2O4. The highest BCUT2D eigenvalue weighted by atomic mass is 35.5. The molecule has 0 saturated heterocycles. The third kappa shape index (κ3) is 7.73. The number of allylic oxidation sites excluding steroid dienone is 3. The van der Waals surface area contributed by atoms with Gasteiger partial charge in [-0.1, -0.05) is 40.5 Å². The fraction of sp³-hybridized carbons (Fsp3) is 0.519. The first-order valence-electron chi connectivity index (χ1n) is 12.0. The molecule has 0 aromatic heterocycles. The molecule has 1 heterocycles. The number of hydrogen-bond donors (Lipinski definition) is 0. The van der Waals surface area contributed by atoms with Gasteiger partial charge < -0.3 is 14.5 Å². The van der Waals surface area contributed by atoms with Crippen LogP contribution < -0.4 is 0 Å². The number of aryl methyl sites for hydroxylation is 2. The van der Waals surface area contributed by atoms with Gasteiger partial charge in [0.15, 0.2) is 6.61 Å². The van der Waals surface area contributed by atoms with Crippen molar-refractivity contribution in [1.29, 1.82) is 0 Å². The first-order chi connectivity index (χ1) is 16.2. The van der Waals surface area contributed by atoms with Crippen molar-refractivity contribution < 1.29 is 19.2 Å². The number of oxime groups is 1. The van der Waals surface area contributed by atoms with Crippen LogP contribution in [-0.2, 0) is 20.8 Å². The topological polar surface area (TPSA) is 68.2 Å². The molecule has 1 atom stereocenters. The van der Waals surface area contributed by atoms with Crippen LogP contribution in [-0.4, -0.2) is 48.3 Å². The van der Waals surface area contributed by atoms with Gasteiger partial charge in [0, 0.05) is 31.0 Å². The van der Waals surface area contributed by atoms with Gasteiger partial charge in [-0.25, -0.2) is 4.79 Å². The van der Waals surface area contributed by atoms with E-state index in [0.29, 0.717) is 41.4 Å². The summed E-state index contributed by atoms with van der Waals surface area (Å²) in [6, 6.07) is 1.90. The monoisotopic (exact) mass is 488 g/mol. The van der Waals surface area contributed by atoms with Crippen molar-refractivity contribution in [3.05, 3.63) is 57.1 Å². The second-order valence-electron chi connectivity index (χ2n) is 8.73. The van der Waals surface area contributed by atoms with Crippen molar-refractivity contribution in [2.24, 2.45) is 5.16 Å². The Morgan fingerprint density at radius 1 is 1.21 bits per heavy atom. The van der Waals surface area contributed by atoms with Gasteiger partial charge in [-0.05, 0) is 77.2 Å². The Kier molecular flexibility index (Phi) is 10.8. The Labute approximate surface area is 208 Å². The van der Waals surface area contributed by atoms with Crippen LogP contribution in [0.5, 0.6) is 0 Å². The molecule has 0 fully saturated rings. The fourth-order valence-corrected chi connectivity index (χ4v) is 4.20. The largest absolute Gasteiger partial charge is 0.459 e. The van der Waals surface area contributed by atoms with Crippen LogP contribution in [0.3, 0.4) is 0 Å². The number of carbonyl (C=O) groups is 2. The highest BCUT2D eigenvalue weighted by Crippen LogP contribution is 2.30. The minimum atomic E-state index is -0.398. The van der Waals surface area contributed by atoms with Crippen molar-refractivity contribution in [2.75, 3.05) is 19.7 Å². The van der Waals surface area contributed by atoms with E-state index < -0.39 is 5.97 Å². The molecule has 1 aliphatic heterocycles. The minimum Gasteiger partial charge on any atom is -0.459 e. The maximum atomic E-state index is 13.1. The number of fused-ring (bicyclic) bond motifs is 1. The van der Waals surface area contributed by atoms with E-state index in [1.165, 1.54) is 0 Å². The number of nitrogens with zero attached hydrogens (tertiary/aromatic N) is 2. The van der Waals surface area contributed by atoms with Crippen LogP contribution in [0.2, 0.25) is 5.02 Å². The molecule has 0 bridgehead atoms. The third-order valence-electron chi connectivity index (χ3n) is 5.85. The van der Waals surface area contributed by atoms with Gasteiger partial charge in [0.25, 0.3) is 5.91 Å². The number of rotatable bonds is 5. The quantitative estimate of drug-likeness (QED) is 0.291. The molecule has 34 heavy (non-hydrogen) atoms. The standard InChI is InChI=1S/C27H37ClN2O4/c1-7-30(8-2)24(31)17-33-29-22-14-18(3)12-10-9-11-13-21(6)34-27(32)25-19(4)15-20(5)26(28)23(25)16-22/h9,11,14-15,21H,7-8,10,12-13,16-17H2,1-6H3/b11-9+,18-14+,29-22+/t21-/m1/s1. The number of cyclic esters (lactones) is 1. The van der Waals surface area contributed by atoms with E-state index in [9.17, 15) is 9.59 Å². The molecular weight excluding hydrogens is 452 g/mol. The van der Waals surface area contributed by atoms with E-state index >= 15 is 0 Å². The summed E-state index contributed by atoms with van der Waals surface area (Å²) in [5, 5.41) is 4.81. The van der Waals surface area contributed by atoms with Gasteiger partial charge in [-0.2, -0.15) is 0 Å². The molecule has 0 saturated carbocycles. The number of amides is 1. The second-order valence-corrected chi connectivity index (χ2v) is 9.11. The molecule has 1 aliphatic rings. The van der Waals surface area contributed by atoms with Crippen LogP contribution in [0.4, 0.5) is 0 Å². The Bertz CT molecular complexity index is 977. The molecule has 1 amide bonds. The molecule has 186 valence electrons. The summed E-state index contributed by atoms with van der Waals surface area (Å²) >= 11 is 6.71. The average Bonchev–Trinajstić information content (AvgIpc) is 2.77. The minimum absolute atomic E-state index is 0.122. The second kappa shape index (κ2) is 13.3. The SMILES string of the molecule is CCN(CC)C(=O)CO/N=C1\C=C(/C)CC/C=C/C[C@@H](C)OC(=O)c2c(C)cc(C)c(Cl)c2C1. The van der Waals surface area contributed by atoms with E-state index in [4.69, 9.17) is 21.2 Å². The molecule has 0 aliphatic carbocycles. The number of ether oxygens (including phenoxy) is 1. The molecule has 6 nitrogen and oxygen atoms in total. The van der Waals surface area contributed by atoms with Crippen molar-refractivity contribution in [3.63, 3.8) is 0 Å². The molecule has 0 spiro atoms. The van der Waals surface area contributed by atoms with Crippen LogP contribution >= 0.6 is 11.6 Å². The van der Waals surface area contributed by atoms with Gasteiger partial charge >= 0.3 is 5.97 Å². The highest BCUT2D eigenvalue weighted by Gasteiger charge is 2.23. The summed E-state index contributed by atoms with van der Waals surface area (Å²) in [6.45, 7) is 12.7. The summed E-state index contributed by atoms with van der Waals surface area (Å²) in [5.74, 6) is -0.520. The zero-order valence-electron chi connectivity index (χ0n) is 21.2. The average molecular weight is 489 g/mol. The molecule has 1 aromatic rings. The lowest BCUT2D eigenvalue weighted by atomic mass is 9.94. The number of halogens is 1. The Morgan fingerprint density at radius 2 is 1.91 bits per heavy atom. The van der Waals surface area contributed by atoms with Crippen LogP contribution in [0.25, 0.3) is 0 Å². The van der Waals surface area contributed by atoms with Crippen LogP contribution in [0.15, 0.2) is 35.0 Å². The van der Waals surface area contributed by atoms with Crippen molar-refractivity contribution in [1.82, 2.24) is 4.90 Å². The maximum absolute atomic E-state index is 13.1. The molecule has 0 unspecified atom stereocenters. The predicted octanol–water partition coefficient (Wildman–Crippen LogP) is 5.97. The number of hydrogen-bond acceptors (Lipinski definition) is 5. The summed E-state index contributed by atoms with van der Waals surface area (Å²) in [6.07, 6.45) is 8.51. The van der Waals surface area contributed by atoms with Gasteiger partial charge in [0.1, 0.15) is 6.10 Å². The Morgan fingerprint density at radius 3 is 2.59 bits per heavy atom. The van der Waals surface area contributed by atoms with Crippen LogP contribution in [0.1, 0.15) is 74.0 Å². The van der Waals surface area contributed by atoms with E-state index in [1.807, 2.05) is 59.8 Å². The number of likely N-dealkylation sites (N-methyl/N-ethyl adjacent to an activating group) is 1. The summed E-state index contributed by atoms with van der Waals surface area (Å²) in [7, 11) is 0. The van der Waals surface area contributed by atoms with Gasteiger partial charge in [0.2, 0.25) is 0 Å². The Hall–Kier alpha value is -2.60. The molecule has 0 N–H and O–H groups in total. The lowest BCUT2D eigenvalue weighted by Crippen LogP contribution is -2.33. The molecule has 0 radical (unpaired) electrons. The van der Waals surface area contributed by atoms with E-state index in [-0.39, 0.29) is 25.0 Å².